The number of anilines is 1. The van der Waals surface area contributed by atoms with Crippen molar-refractivity contribution in [1.82, 2.24) is 9.38 Å². The van der Waals surface area contributed by atoms with Gasteiger partial charge in [0.05, 0.1) is 16.8 Å². The van der Waals surface area contributed by atoms with Crippen molar-refractivity contribution in [3.05, 3.63) is 88.7 Å². The largest absolute Gasteiger partial charge is 0.484 e. The molecule has 8 heteroatoms. The Morgan fingerprint density at radius 1 is 1.09 bits per heavy atom. The first-order valence-corrected chi connectivity index (χ1v) is 10.2. The van der Waals surface area contributed by atoms with Gasteiger partial charge >= 0.3 is 0 Å². The SMILES string of the molecule is CC(C)c1ccccc1NC(=O)COc1ccc(-c2cn3cc([N+](=O)[O-])ccc3n2)cc1. The maximum atomic E-state index is 12.3. The molecule has 1 N–H and O–H groups in total. The number of fused-ring (bicyclic) bond motifs is 1. The second kappa shape index (κ2) is 8.89. The molecule has 2 aromatic heterocycles. The Labute approximate surface area is 184 Å². The molecule has 0 saturated heterocycles. The molecule has 0 aliphatic heterocycles. The van der Waals surface area contributed by atoms with Crippen LogP contribution in [-0.4, -0.2) is 26.8 Å². The number of para-hydroxylation sites is 1. The first kappa shape index (κ1) is 21.0. The molecule has 0 radical (unpaired) electrons. The molecular formula is C24H22N4O4. The van der Waals surface area contributed by atoms with Crippen molar-refractivity contribution in [3.8, 4) is 17.0 Å². The first-order chi connectivity index (χ1) is 15.4. The molecule has 2 aromatic carbocycles. The highest BCUT2D eigenvalue weighted by molar-refractivity contribution is 5.92. The topological polar surface area (TPSA) is 98.8 Å². The maximum Gasteiger partial charge on any atom is 0.286 e. The van der Waals surface area contributed by atoms with Gasteiger partial charge in [0.15, 0.2) is 6.61 Å². The zero-order valence-corrected chi connectivity index (χ0v) is 17.7. The third-order valence-corrected chi connectivity index (χ3v) is 5.02. The number of carbonyl (C=O) groups is 1. The zero-order chi connectivity index (χ0) is 22.7. The quantitative estimate of drug-likeness (QED) is 0.327. The summed E-state index contributed by atoms with van der Waals surface area (Å²) in [4.78, 5) is 27.3. The fourth-order valence-corrected chi connectivity index (χ4v) is 3.40. The summed E-state index contributed by atoms with van der Waals surface area (Å²) >= 11 is 0. The number of nitrogens with zero attached hydrogens (tertiary/aromatic N) is 3. The molecule has 0 saturated carbocycles. The van der Waals surface area contributed by atoms with Gasteiger partial charge in [0.25, 0.3) is 11.6 Å². The number of ether oxygens (including phenoxy) is 1. The van der Waals surface area contributed by atoms with Crippen LogP contribution in [0.25, 0.3) is 16.9 Å². The van der Waals surface area contributed by atoms with E-state index in [0.29, 0.717) is 23.0 Å². The Hall–Kier alpha value is -4.20. The molecule has 4 rings (SSSR count). The molecule has 162 valence electrons. The van der Waals surface area contributed by atoms with E-state index in [9.17, 15) is 14.9 Å². The average molecular weight is 430 g/mol. The summed E-state index contributed by atoms with van der Waals surface area (Å²) in [6.07, 6.45) is 3.16. The van der Waals surface area contributed by atoms with Gasteiger partial charge in [-0.1, -0.05) is 32.0 Å². The van der Waals surface area contributed by atoms with Crippen molar-refractivity contribution in [2.45, 2.75) is 19.8 Å². The Bertz CT molecular complexity index is 1280. The Balaban J connectivity index is 1.40. The normalized spacial score (nSPS) is 11.0. The highest BCUT2D eigenvalue weighted by Gasteiger charge is 2.11. The predicted molar refractivity (Wildman–Crippen MR) is 122 cm³/mol. The summed E-state index contributed by atoms with van der Waals surface area (Å²) in [6, 6.07) is 17.9. The van der Waals surface area contributed by atoms with Crippen molar-refractivity contribution in [1.29, 1.82) is 0 Å². The lowest BCUT2D eigenvalue weighted by Crippen LogP contribution is -2.21. The number of imidazole rings is 1. The summed E-state index contributed by atoms with van der Waals surface area (Å²) in [6.45, 7) is 4.05. The van der Waals surface area contributed by atoms with Crippen LogP contribution in [0.4, 0.5) is 11.4 Å². The van der Waals surface area contributed by atoms with Gasteiger partial charge in [-0.25, -0.2) is 4.98 Å². The van der Waals surface area contributed by atoms with Crippen LogP contribution in [0.1, 0.15) is 25.3 Å². The molecule has 0 fully saturated rings. The number of carbonyl (C=O) groups excluding carboxylic acids is 1. The Kier molecular flexibility index (Phi) is 5.85. The number of nitro groups is 1. The van der Waals surface area contributed by atoms with E-state index in [0.717, 1.165) is 16.8 Å². The van der Waals surface area contributed by atoms with Crippen LogP contribution in [0.2, 0.25) is 0 Å². The van der Waals surface area contributed by atoms with Crippen molar-refractivity contribution < 1.29 is 14.5 Å². The number of pyridine rings is 1. The van der Waals surface area contributed by atoms with Crippen LogP contribution in [0, 0.1) is 10.1 Å². The fraction of sp³-hybridized carbons (Fsp3) is 0.167. The van der Waals surface area contributed by atoms with Gasteiger partial charge in [-0.05, 0) is 47.9 Å². The van der Waals surface area contributed by atoms with Crippen molar-refractivity contribution in [3.63, 3.8) is 0 Å². The molecule has 0 bridgehead atoms. The van der Waals surface area contributed by atoms with E-state index >= 15 is 0 Å². The van der Waals surface area contributed by atoms with Crippen LogP contribution >= 0.6 is 0 Å². The van der Waals surface area contributed by atoms with Gasteiger partial charge in [0.1, 0.15) is 11.4 Å². The van der Waals surface area contributed by atoms with E-state index in [1.54, 1.807) is 28.8 Å². The molecule has 32 heavy (non-hydrogen) atoms. The van der Waals surface area contributed by atoms with Crippen molar-refractivity contribution in [2.24, 2.45) is 0 Å². The van der Waals surface area contributed by atoms with Gasteiger partial charge in [-0.3, -0.25) is 19.3 Å². The fourth-order valence-electron chi connectivity index (χ4n) is 3.40. The monoisotopic (exact) mass is 430 g/mol. The van der Waals surface area contributed by atoms with E-state index in [4.69, 9.17) is 4.74 Å². The van der Waals surface area contributed by atoms with Gasteiger partial charge in [0.2, 0.25) is 0 Å². The zero-order valence-electron chi connectivity index (χ0n) is 17.7. The lowest BCUT2D eigenvalue weighted by atomic mass is 10.0. The Morgan fingerprint density at radius 2 is 1.84 bits per heavy atom. The van der Waals surface area contributed by atoms with Crippen LogP contribution in [-0.2, 0) is 4.79 Å². The molecular weight excluding hydrogens is 408 g/mol. The summed E-state index contributed by atoms with van der Waals surface area (Å²) in [5.74, 6) is 0.621. The number of benzene rings is 2. The van der Waals surface area contributed by atoms with Gasteiger partial charge < -0.3 is 10.1 Å². The molecule has 0 atom stereocenters. The number of amides is 1. The molecule has 0 aliphatic carbocycles. The first-order valence-electron chi connectivity index (χ1n) is 10.2. The van der Waals surface area contributed by atoms with Crippen molar-refractivity contribution in [2.75, 3.05) is 11.9 Å². The lowest BCUT2D eigenvalue weighted by molar-refractivity contribution is -0.385. The van der Waals surface area contributed by atoms with Gasteiger partial charge in [0, 0.05) is 23.5 Å². The maximum absolute atomic E-state index is 12.3. The minimum Gasteiger partial charge on any atom is -0.484 e. The minimum atomic E-state index is -0.442. The second-order valence-electron chi connectivity index (χ2n) is 7.64. The predicted octanol–water partition coefficient (Wildman–Crippen LogP) is 5.05. The number of hydrogen-bond acceptors (Lipinski definition) is 5. The third kappa shape index (κ3) is 4.59. The van der Waals surface area contributed by atoms with E-state index < -0.39 is 4.92 Å². The summed E-state index contributed by atoms with van der Waals surface area (Å²) in [5.41, 5.74) is 3.99. The molecule has 0 unspecified atom stereocenters. The smallest absolute Gasteiger partial charge is 0.286 e. The molecule has 8 nitrogen and oxygen atoms in total. The number of nitrogens with one attached hydrogen (secondary N) is 1. The van der Waals surface area contributed by atoms with E-state index in [1.807, 2.05) is 36.4 Å². The molecule has 1 amide bonds. The Morgan fingerprint density at radius 3 is 2.56 bits per heavy atom. The highest BCUT2D eigenvalue weighted by atomic mass is 16.6. The average Bonchev–Trinajstić information content (AvgIpc) is 3.21. The molecule has 2 heterocycles. The van der Waals surface area contributed by atoms with Gasteiger partial charge in [-0.2, -0.15) is 0 Å². The van der Waals surface area contributed by atoms with E-state index in [-0.39, 0.29) is 18.2 Å². The number of aromatic nitrogens is 2. The van der Waals surface area contributed by atoms with Crippen LogP contribution in [0.5, 0.6) is 5.75 Å². The molecule has 0 aliphatic rings. The van der Waals surface area contributed by atoms with Gasteiger partial charge in [-0.15, -0.1) is 0 Å². The van der Waals surface area contributed by atoms with Crippen molar-refractivity contribution >= 4 is 22.9 Å². The molecule has 0 spiro atoms. The van der Waals surface area contributed by atoms with Crippen LogP contribution in [0.15, 0.2) is 73.1 Å². The van der Waals surface area contributed by atoms with E-state index in [1.165, 1.54) is 12.3 Å². The van der Waals surface area contributed by atoms with E-state index in [2.05, 4.69) is 24.1 Å². The standard InChI is InChI=1S/C24H22N4O4/c1-16(2)20-5-3-4-6-21(20)26-24(29)15-32-19-10-7-17(8-11-19)22-14-27-13-18(28(30)31)9-12-23(27)25-22/h3-14,16H,15H2,1-2H3,(H,26,29). The molecule has 4 aromatic rings. The van der Waals surface area contributed by atoms with Crippen LogP contribution in [0.3, 0.4) is 0 Å². The van der Waals surface area contributed by atoms with Crippen LogP contribution < -0.4 is 10.1 Å². The minimum absolute atomic E-state index is 0.000470. The third-order valence-electron chi connectivity index (χ3n) is 5.02. The number of rotatable bonds is 7. The summed E-state index contributed by atoms with van der Waals surface area (Å²) in [7, 11) is 0. The highest BCUT2D eigenvalue weighted by Crippen LogP contribution is 2.25. The summed E-state index contributed by atoms with van der Waals surface area (Å²) < 4.78 is 7.24. The number of hydrogen-bond donors (Lipinski definition) is 1. The second-order valence-corrected chi connectivity index (χ2v) is 7.64. The lowest BCUT2D eigenvalue weighted by Gasteiger charge is -2.14. The summed E-state index contributed by atoms with van der Waals surface area (Å²) in [5, 5.41) is 13.8.